The lowest BCUT2D eigenvalue weighted by atomic mass is 9.92. The van der Waals surface area contributed by atoms with Gasteiger partial charge in [-0.3, -0.25) is 14.2 Å². The SMILES string of the molecule is CCCCn1c(=NC(=O)c2cc(C(F)(F)F)ccc2ONC(C)C)cc(C(C)(C)C)n1C. The first-order valence-corrected chi connectivity index (χ1v) is 10.8. The molecule has 1 heterocycles. The van der Waals surface area contributed by atoms with Crippen LogP contribution >= 0.6 is 0 Å². The number of nitrogens with zero attached hydrogens (tertiary/aromatic N) is 3. The number of nitrogens with one attached hydrogen (secondary N) is 1. The predicted molar refractivity (Wildman–Crippen MR) is 117 cm³/mol. The quantitative estimate of drug-likeness (QED) is 0.601. The second-order valence-corrected chi connectivity index (χ2v) is 9.14. The third-order valence-corrected chi connectivity index (χ3v) is 4.89. The van der Waals surface area contributed by atoms with E-state index in [1.165, 1.54) is 0 Å². The summed E-state index contributed by atoms with van der Waals surface area (Å²) < 4.78 is 43.7. The summed E-state index contributed by atoms with van der Waals surface area (Å²) in [5.74, 6) is -0.805. The average molecular weight is 455 g/mol. The van der Waals surface area contributed by atoms with Crippen LogP contribution in [0.5, 0.6) is 5.75 Å². The van der Waals surface area contributed by atoms with Crippen LogP contribution in [0.4, 0.5) is 13.2 Å². The van der Waals surface area contributed by atoms with Crippen molar-refractivity contribution in [1.82, 2.24) is 14.8 Å². The molecule has 0 atom stereocenters. The molecule has 1 aromatic heterocycles. The number of aromatic nitrogens is 2. The zero-order valence-corrected chi connectivity index (χ0v) is 19.8. The molecule has 1 N–H and O–H groups in total. The Bertz CT molecular complexity index is 1010. The first kappa shape index (κ1) is 25.7. The van der Waals surface area contributed by atoms with Gasteiger partial charge in [0.25, 0.3) is 5.91 Å². The van der Waals surface area contributed by atoms with Crippen molar-refractivity contribution in [3.8, 4) is 5.75 Å². The van der Waals surface area contributed by atoms with Crippen LogP contribution in [0, 0.1) is 0 Å². The lowest BCUT2D eigenvalue weighted by molar-refractivity contribution is -0.137. The van der Waals surface area contributed by atoms with E-state index in [4.69, 9.17) is 4.84 Å². The van der Waals surface area contributed by atoms with Crippen molar-refractivity contribution >= 4 is 5.91 Å². The van der Waals surface area contributed by atoms with Crippen LogP contribution < -0.4 is 15.8 Å². The van der Waals surface area contributed by atoms with Gasteiger partial charge < -0.3 is 4.84 Å². The van der Waals surface area contributed by atoms with Crippen molar-refractivity contribution in [2.45, 2.75) is 78.6 Å². The van der Waals surface area contributed by atoms with Crippen molar-refractivity contribution in [1.29, 1.82) is 0 Å². The lowest BCUT2D eigenvalue weighted by Crippen LogP contribution is -2.28. The Morgan fingerprint density at radius 2 is 1.84 bits per heavy atom. The maximum absolute atomic E-state index is 13.3. The zero-order chi connectivity index (χ0) is 24.3. The highest BCUT2D eigenvalue weighted by atomic mass is 19.4. The molecule has 2 aromatic rings. The van der Waals surface area contributed by atoms with E-state index in [0.29, 0.717) is 12.0 Å². The molecule has 0 aliphatic carbocycles. The summed E-state index contributed by atoms with van der Waals surface area (Å²) in [5.41, 5.74) is 2.63. The molecule has 178 valence electrons. The minimum atomic E-state index is -4.59. The summed E-state index contributed by atoms with van der Waals surface area (Å²) in [5, 5.41) is 0. The molecule has 0 fully saturated rings. The molecule has 0 aliphatic rings. The minimum absolute atomic E-state index is 0.00691. The fraction of sp³-hybridized carbons (Fsp3) is 0.565. The van der Waals surface area contributed by atoms with E-state index in [-0.39, 0.29) is 22.8 Å². The van der Waals surface area contributed by atoms with Crippen molar-refractivity contribution in [2.75, 3.05) is 0 Å². The molecule has 1 amide bonds. The normalized spacial score (nSPS) is 13.2. The van der Waals surface area contributed by atoms with Crippen LogP contribution in [0.25, 0.3) is 0 Å². The molecule has 6 nitrogen and oxygen atoms in total. The van der Waals surface area contributed by atoms with Gasteiger partial charge in [0.05, 0.1) is 11.1 Å². The number of hydrogen-bond acceptors (Lipinski definition) is 3. The number of benzene rings is 1. The van der Waals surface area contributed by atoms with Gasteiger partial charge in [-0.15, -0.1) is 0 Å². The van der Waals surface area contributed by atoms with Gasteiger partial charge in [0.15, 0.2) is 11.2 Å². The van der Waals surface area contributed by atoms with Crippen LogP contribution in [0.15, 0.2) is 29.3 Å². The Kier molecular flexibility index (Phi) is 7.98. The fourth-order valence-corrected chi connectivity index (χ4v) is 3.25. The number of alkyl halides is 3. The van der Waals surface area contributed by atoms with Gasteiger partial charge in [-0.1, -0.05) is 34.1 Å². The third-order valence-electron chi connectivity index (χ3n) is 4.89. The summed E-state index contributed by atoms with van der Waals surface area (Å²) in [7, 11) is 1.89. The highest BCUT2D eigenvalue weighted by molar-refractivity contribution is 5.97. The number of hydroxylamine groups is 1. The molecular weight excluding hydrogens is 421 g/mol. The highest BCUT2D eigenvalue weighted by Crippen LogP contribution is 2.33. The van der Waals surface area contributed by atoms with E-state index in [1.54, 1.807) is 0 Å². The molecule has 9 heteroatoms. The Balaban J connectivity index is 2.63. The molecule has 1 aromatic carbocycles. The average Bonchev–Trinajstić information content (AvgIpc) is 2.99. The van der Waals surface area contributed by atoms with Gasteiger partial charge in [0.1, 0.15) is 0 Å². The number of carbonyl (C=O) groups excluding carboxylic acids is 1. The van der Waals surface area contributed by atoms with Crippen molar-refractivity contribution < 1.29 is 22.8 Å². The Morgan fingerprint density at radius 1 is 1.19 bits per heavy atom. The number of hydrogen-bond donors (Lipinski definition) is 1. The Hall–Kier alpha value is -2.55. The van der Waals surface area contributed by atoms with Gasteiger partial charge in [0.2, 0.25) is 0 Å². The Labute approximate surface area is 187 Å². The molecule has 0 spiro atoms. The largest absolute Gasteiger partial charge is 0.416 e. The van der Waals surface area contributed by atoms with Crippen molar-refractivity contribution in [2.24, 2.45) is 12.0 Å². The number of unbranched alkanes of at least 4 members (excludes halogenated alkanes) is 1. The standard InChI is InChI=1S/C23H33F3N4O2/c1-8-9-12-30-20(14-19(29(30)7)22(4,5)6)27-21(31)17-13-16(23(24,25)26)10-11-18(17)32-28-15(2)3/h10-11,13-15,28H,8-9,12H2,1-7H3. The van der Waals surface area contributed by atoms with Gasteiger partial charge in [-0.05, 0) is 38.5 Å². The van der Waals surface area contributed by atoms with E-state index < -0.39 is 17.6 Å². The first-order valence-electron chi connectivity index (χ1n) is 10.8. The second-order valence-electron chi connectivity index (χ2n) is 9.14. The van der Waals surface area contributed by atoms with E-state index in [0.717, 1.165) is 36.7 Å². The van der Waals surface area contributed by atoms with E-state index >= 15 is 0 Å². The third kappa shape index (κ3) is 6.25. The van der Waals surface area contributed by atoms with Gasteiger partial charge in [-0.2, -0.15) is 23.6 Å². The summed E-state index contributed by atoms with van der Waals surface area (Å²) in [6, 6.07) is 4.52. The van der Waals surface area contributed by atoms with Crippen LogP contribution in [-0.2, 0) is 25.2 Å². The number of carbonyl (C=O) groups is 1. The van der Waals surface area contributed by atoms with Gasteiger partial charge in [-0.25, -0.2) is 0 Å². The van der Waals surface area contributed by atoms with Gasteiger partial charge in [0, 0.05) is 36.8 Å². The van der Waals surface area contributed by atoms with E-state index in [9.17, 15) is 18.0 Å². The maximum atomic E-state index is 13.3. The molecule has 0 saturated carbocycles. The van der Waals surface area contributed by atoms with Crippen LogP contribution in [0.2, 0.25) is 0 Å². The van der Waals surface area contributed by atoms with Crippen LogP contribution in [-0.4, -0.2) is 21.3 Å². The maximum Gasteiger partial charge on any atom is 0.416 e. The number of halogens is 3. The fourth-order valence-electron chi connectivity index (χ4n) is 3.25. The molecule has 2 rings (SSSR count). The lowest BCUT2D eigenvalue weighted by Gasteiger charge is -2.20. The summed E-state index contributed by atoms with van der Waals surface area (Å²) in [6.45, 7) is 12.5. The monoisotopic (exact) mass is 454 g/mol. The predicted octanol–water partition coefficient (Wildman–Crippen LogP) is 4.98. The summed E-state index contributed by atoms with van der Waals surface area (Å²) >= 11 is 0. The summed E-state index contributed by atoms with van der Waals surface area (Å²) in [6.07, 6.45) is -2.77. The molecule has 0 radical (unpaired) electrons. The van der Waals surface area contributed by atoms with Crippen LogP contribution in [0.3, 0.4) is 0 Å². The molecular formula is C23H33F3N4O2. The molecule has 0 aliphatic heterocycles. The van der Waals surface area contributed by atoms with Crippen molar-refractivity contribution in [3.05, 3.63) is 46.6 Å². The van der Waals surface area contributed by atoms with E-state index in [1.807, 2.05) is 36.3 Å². The minimum Gasteiger partial charge on any atom is -0.408 e. The highest BCUT2D eigenvalue weighted by Gasteiger charge is 2.32. The molecule has 32 heavy (non-hydrogen) atoms. The first-order chi connectivity index (χ1) is 14.8. The summed E-state index contributed by atoms with van der Waals surface area (Å²) in [4.78, 5) is 22.7. The van der Waals surface area contributed by atoms with Gasteiger partial charge >= 0.3 is 6.18 Å². The van der Waals surface area contributed by atoms with Crippen molar-refractivity contribution in [3.63, 3.8) is 0 Å². The Morgan fingerprint density at radius 3 is 2.38 bits per heavy atom. The smallest absolute Gasteiger partial charge is 0.408 e. The molecule has 0 unspecified atom stereocenters. The molecule has 0 saturated heterocycles. The zero-order valence-electron chi connectivity index (χ0n) is 19.8. The van der Waals surface area contributed by atoms with E-state index in [2.05, 4.69) is 38.2 Å². The molecule has 0 bridgehead atoms. The topological polar surface area (TPSA) is 60.6 Å². The second kappa shape index (κ2) is 9.94. The van der Waals surface area contributed by atoms with Crippen LogP contribution in [0.1, 0.15) is 76.0 Å². The number of rotatable bonds is 7. The number of amides is 1.